The van der Waals surface area contributed by atoms with Gasteiger partial charge in [-0.05, 0) is 18.2 Å². The van der Waals surface area contributed by atoms with Crippen molar-refractivity contribution in [3.05, 3.63) is 41.4 Å². The van der Waals surface area contributed by atoms with E-state index in [1.54, 1.807) is 18.2 Å². The average molecular weight is 353 g/mol. The van der Waals surface area contributed by atoms with E-state index in [0.29, 0.717) is 5.75 Å². The van der Waals surface area contributed by atoms with Crippen molar-refractivity contribution in [2.45, 2.75) is 0 Å². The molecule has 0 aromatic heterocycles. The molecule has 1 aliphatic rings. The molecule has 1 aromatic rings. The van der Waals surface area contributed by atoms with Crippen LogP contribution in [0.25, 0.3) is 0 Å². The summed E-state index contributed by atoms with van der Waals surface area (Å²) in [5.74, 6) is -1.06. The summed E-state index contributed by atoms with van der Waals surface area (Å²) in [6.45, 7) is 3.60. The summed E-state index contributed by atoms with van der Waals surface area (Å²) in [6.07, 6.45) is 1.39. The van der Waals surface area contributed by atoms with Crippen LogP contribution in [0.3, 0.4) is 0 Å². The third-order valence-corrected chi connectivity index (χ3v) is 3.32. The van der Waals surface area contributed by atoms with E-state index in [0.717, 1.165) is 14.3 Å². The lowest BCUT2D eigenvalue weighted by Crippen LogP contribution is -2.36. The second kappa shape index (κ2) is 6.53. The van der Waals surface area contributed by atoms with Crippen molar-refractivity contribution in [1.29, 1.82) is 0 Å². The lowest BCUT2D eigenvalue weighted by atomic mass is 10.3. The van der Waals surface area contributed by atoms with Crippen molar-refractivity contribution in [2.75, 3.05) is 19.7 Å². The standard InChI is InChI=1S/C14H13BrN2O4/c1-2-6-16-12(18)13(19)17(14(16)20)7-8-21-11-5-3-4-10(15)9-11/h2-5,9H,1,6-8H2. The summed E-state index contributed by atoms with van der Waals surface area (Å²) in [7, 11) is 0. The molecule has 7 heteroatoms. The Balaban J connectivity index is 1.94. The van der Waals surface area contributed by atoms with Crippen molar-refractivity contribution in [1.82, 2.24) is 9.80 Å². The molecule has 1 heterocycles. The third-order valence-electron chi connectivity index (χ3n) is 2.83. The number of imide groups is 2. The fourth-order valence-electron chi connectivity index (χ4n) is 1.85. The predicted molar refractivity (Wildman–Crippen MR) is 78.7 cm³/mol. The van der Waals surface area contributed by atoms with E-state index < -0.39 is 17.8 Å². The summed E-state index contributed by atoms with van der Waals surface area (Å²) < 4.78 is 6.31. The maximum atomic E-state index is 11.9. The molecule has 1 aliphatic heterocycles. The lowest BCUT2D eigenvalue weighted by molar-refractivity contribution is -0.143. The van der Waals surface area contributed by atoms with Crippen LogP contribution in [0.5, 0.6) is 5.75 Å². The molecular weight excluding hydrogens is 340 g/mol. The van der Waals surface area contributed by atoms with Crippen LogP contribution in [0.15, 0.2) is 41.4 Å². The van der Waals surface area contributed by atoms with E-state index in [9.17, 15) is 14.4 Å². The molecule has 6 nitrogen and oxygen atoms in total. The SMILES string of the molecule is C=CCN1C(=O)C(=O)N(CCOc2cccc(Br)c2)C1=O. The summed E-state index contributed by atoms with van der Waals surface area (Å²) in [4.78, 5) is 37.0. The Morgan fingerprint density at radius 1 is 1.19 bits per heavy atom. The minimum Gasteiger partial charge on any atom is -0.492 e. The Kier molecular flexibility index (Phi) is 4.74. The van der Waals surface area contributed by atoms with Gasteiger partial charge < -0.3 is 4.74 Å². The minimum absolute atomic E-state index is 0.0174. The number of nitrogens with zero attached hydrogens (tertiary/aromatic N) is 2. The molecule has 0 unspecified atom stereocenters. The van der Waals surface area contributed by atoms with E-state index in [1.807, 2.05) is 6.07 Å². The first-order chi connectivity index (χ1) is 10.0. The van der Waals surface area contributed by atoms with Gasteiger partial charge in [-0.1, -0.05) is 28.1 Å². The van der Waals surface area contributed by atoms with Gasteiger partial charge in [-0.3, -0.25) is 19.4 Å². The zero-order valence-corrected chi connectivity index (χ0v) is 12.7. The lowest BCUT2D eigenvalue weighted by Gasteiger charge is -2.14. The highest BCUT2D eigenvalue weighted by molar-refractivity contribution is 9.10. The van der Waals surface area contributed by atoms with Crippen LogP contribution < -0.4 is 4.74 Å². The molecule has 0 spiro atoms. The first kappa shape index (κ1) is 15.2. The van der Waals surface area contributed by atoms with E-state index in [4.69, 9.17) is 4.74 Å². The average Bonchev–Trinajstić information content (AvgIpc) is 2.65. The minimum atomic E-state index is -0.834. The normalized spacial score (nSPS) is 14.8. The molecule has 1 fully saturated rings. The van der Waals surface area contributed by atoms with Crippen LogP contribution in [0.2, 0.25) is 0 Å². The number of hydrogen-bond acceptors (Lipinski definition) is 4. The predicted octanol–water partition coefficient (Wildman–Crippen LogP) is 1.80. The highest BCUT2D eigenvalue weighted by Crippen LogP contribution is 2.18. The number of carbonyl (C=O) groups is 3. The van der Waals surface area contributed by atoms with Crippen molar-refractivity contribution < 1.29 is 19.1 Å². The second-order valence-electron chi connectivity index (χ2n) is 4.25. The van der Waals surface area contributed by atoms with Crippen molar-refractivity contribution in [3.8, 4) is 5.75 Å². The van der Waals surface area contributed by atoms with Gasteiger partial charge in [0.05, 0.1) is 6.54 Å². The monoisotopic (exact) mass is 352 g/mol. The molecule has 21 heavy (non-hydrogen) atoms. The Morgan fingerprint density at radius 2 is 1.90 bits per heavy atom. The summed E-state index contributed by atoms with van der Waals surface area (Å²) in [5.41, 5.74) is 0. The molecule has 0 radical (unpaired) electrons. The van der Waals surface area contributed by atoms with Gasteiger partial charge in [0.2, 0.25) is 0 Å². The first-order valence-electron chi connectivity index (χ1n) is 6.21. The molecule has 0 bridgehead atoms. The number of ether oxygens (including phenoxy) is 1. The molecule has 2 rings (SSSR count). The van der Waals surface area contributed by atoms with Gasteiger partial charge in [0, 0.05) is 11.0 Å². The van der Waals surface area contributed by atoms with Crippen molar-refractivity contribution >= 4 is 33.8 Å². The van der Waals surface area contributed by atoms with Gasteiger partial charge in [-0.25, -0.2) is 4.79 Å². The van der Waals surface area contributed by atoms with Crippen LogP contribution in [0.4, 0.5) is 4.79 Å². The molecule has 1 aromatic carbocycles. The smallest absolute Gasteiger partial charge is 0.334 e. The number of carbonyl (C=O) groups excluding carboxylic acids is 3. The molecule has 0 aliphatic carbocycles. The second-order valence-corrected chi connectivity index (χ2v) is 5.17. The summed E-state index contributed by atoms with van der Waals surface area (Å²) >= 11 is 3.31. The van der Waals surface area contributed by atoms with Gasteiger partial charge >= 0.3 is 17.8 Å². The highest BCUT2D eigenvalue weighted by Gasteiger charge is 2.43. The maximum Gasteiger partial charge on any atom is 0.334 e. The van der Waals surface area contributed by atoms with Gasteiger partial charge in [0.25, 0.3) is 0 Å². The number of hydrogen-bond donors (Lipinski definition) is 0. The van der Waals surface area contributed by atoms with Gasteiger partial charge in [0.1, 0.15) is 12.4 Å². The fraction of sp³-hybridized carbons (Fsp3) is 0.214. The van der Waals surface area contributed by atoms with Crippen LogP contribution >= 0.6 is 15.9 Å². The summed E-state index contributed by atoms with van der Waals surface area (Å²) in [5, 5.41) is 0. The molecule has 4 amide bonds. The molecule has 0 saturated carbocycles. The van der Waals surface area contributed by atoms with Gasteiger partial charge in [-0.15, -0.1) is 6.58 Å². The van der Waals surface area contributed by atoms with Gasteiger partial charge in [0.15, 0.2) is 0 Å². The number of halogens is 1. The number of rotatable bonds is 6. The molecule has 0 atom stereocenters. The Morgan fingerprint density at radius 3 is 2.57 bits per heavy atom. The Hall–Kier alpha value is -2.15. The third kappa shape index (κ3) is 3.30. The largest absolute Gasteiger partial charge is 0.492 e. The topological polar surface area (TPSA) is 66.9 Å². The Labute approximate surface area is 130 Å². The summed E-state index contributed by atoms with van der Waals surface area (Å²) in [6, 6.07) is 6.55. The number of urea groups is 1. The molecule has 110 valence electrons. The number of amides is 4. The molecular formula is C14H13BrN2O4. The van der Waals surface area contributed by atoms with E-state index >= 15 is 0 Å². The highest BCUT2D eigenvalue weighted by atomic mass is 79.9. The van der Waals surface area contributed by atoms with Crippen LogP contribution in [-0.4, -0.2) is 47.3 Å². The van der Waals surface area contributed by atoms with Crippen molar-refractivity contribution in [3.63, 3.8) is 0 Å². The van der Waals surface area contributed by atoms with E-state index in [2.05, 4.69) is 22.5 Å². The zero-order valence-electron chi connectivity index (χ0n) is 11.1. The zero-order chi connectivity index (χ0) is 15.4. The van der Waals surface area contributed by atoms with E-state index in [1.165, 1.54) is 6.08 Å². The van der Waals surface area contributed by atoms with Crippen LogP contribution in [0.1, 0.15) is 0 Å². The quantitative estimate of drug-likeness (QED) is 0.444. The van der Waals surface area contributed by atoms with Gasteiger partial charge in [-0.2, -0.15) is 0 Å². The van der Waals surface area contributed by atoms with E-state index in [-0.39, 0.29) is 19.7 Å². The van der Waals surface area contributed by atoms with Crippen molar-refractivity contribution in [2.24, 2.45) is 0 Å². The molecule has 0 N–H and O–H groups in total. The maximum absolute atomic E-state index is 11.9. The van der Waals surface area contributed by atoms with Crippen LogP contribution in [0, 0.1) is 0 Å². The van der Waals surface area contributed by atoms with Crippen LogP contribution in [-0.2, 0) is 9.59 Å². The number of benzene rings is 1. The Bertz CT molecular complexity index is 602. The fourth-order valence-corrected chi connectivity index (χ4v) is 2.23. The first-order valence-corrected chi connectivity index (χ1v) is 7.00. The molecule has 1 saturated heterocycles.